The van der Waals surface area contributed by atoms with E-state index in [0.717, 1.165) is 15.9 Å². The van der Waals surface area contributed by atoms with Crippen molar-refractivity contribution in [3.63, 3.8) is 0 Å². The quantitative estimate of drug-likeness (QED) is 0.762. The van der Waals surface area contributed by atoms with Crippen molar-refractivity contribution in [3.05, 3.63) is 58.6 Å². The van der Waals surface area contributed by atoms with Crippen molar-refractivity contribution in [3.8, 4) is 5.75 Å². The van der Waals surface area contributed by atoms with Crippen LogP contribution in [-0.4, -0.2) is 42.5 Å². The summed E-state index contributed by atoms with van der Waals surface area (Å²) in [5, 5.41) is 0. The molecule has 2 amide bonds. The molecule has 2 aromatic carbocycles. The van der Waals surface area contributed by atoms with Crippen LogP contribution in [0.2, 0.25) is 0 Å². The van der Waals surface area contributed by atoms with Crippen LogP contribution in [0.15, 0.2) is 53.0 Å². The summed E-state index contributed by atoms with van der Waals surface area (Å²) >= 11 is 3.38. The first-order valence-electron chi connectivity index (χ1n) is 8.62. The lowest BCUT2D eigenvalue weighted by atomic mass is 10.1. The van der Waals surface area contributed by atoms with Gasteiger partial charge in [0, 0.05) is 34.9 Å². The number of nitrogens with zero attached hydrogens (tertiary/aromatic N) is 2. The molecule has 0 N–H and O–H groups in total. The van der Waals surface area contributed by atoms with Gasteiger partial charge in [-0.3, -0.25) is 9.59 Å². The molecule has 0 saturated carbocycles. The zero-order valence-electron chi connectivity index (χ0n) is 14.8. The first-order chi connectivity index (χ1) is 12.5. The Morgan fingerprint density at radius 3 is 2.69 bits per heavy atom. The number of anilines is 1. The van der Waals surface area contributed by atoms with Gasteiger partial charge in [-0.25, -0.2) is 0 Å². The second-order valence-electron chi connectivity index (χ2n) is 6.11. The number of hydrogen-bond donors (Lipinski definition) is 0. The summed E-state index contributed by atoms with van der Waals surface area (Å²) in [6, 6.07) is 14.2. The van der Waals surface area contributed by atoms with E-state index in [9.17, 15) is 9.59 Å². The minimum absolute atomic E-state index is 0.0896. The number of carbonyl (C=O) groups is 2. The van der Waals surface area contributed by atoms with Gasteiger partial charge in [0.1, 0.15) is 11.8 Å². The van der Waals surface area contributed by atoms with Gasteiger partial charge in [-0.05, 0) is 44.2 Å². The van der Waals surface area contributed by atoms with Gasteiger partial charge in [-0.1, -0.05) is 28.1 Å². The first-order valence-corrected chi connectivity index (χ1v) is 9.41. The normalized spacial score (nSPS) is 17.3. The molecule has 6 heteroatoms. The van der Waals surface area contributed by atoms with E-state index >= 15 is 0 Å². The average Bonchev–Trinajstić information content (AvgIpc) is 2.64. The first kappa shape index (κ1) is 18.5. The van der Waals surface area contributed by atoms with E-state index in [1.54, 1.807) is 28.9 Å². The maximum absolute atomic E-state index is 12.9. The van der Waals surface area contributed by atoms with Crippen molar-refractivity contribution in [1.82, 2.24) is 4.90 Å². The predicted molar refractivity (Wildman–Crippen MR) is 105 cm³/mol. The van der Waals surface area contributed by atoms with Crippen LogP contribution in [-0.2, 0) is 4.79 Å². The number of rotatable bonds is 4. The van der Waals surface area contributed by atoms with Gasteiger partial charge >= 0.3 is 0 Å². The molecule has 0 aromatic heterocycles. The molecular formula is C20H21BrN2O3. The Morgan fingerprint density at radius 1 is 1.19 bits per heavy atom. The van der Waals surface area contributed by atoms with Gasteiger partial charge in [0.15, 0.2) is 0 Å². The summed E-state index contributed by atoms with van der Waals surface area (Å²) in [6.45, 7) is 5.21. The van der Waals surface area contributed by atoms with Crippen LogP contribution < -0.4 is 9.64 Å². The SMILES string of the molecule is CCOc1cccc(N2CCN(C(=O)c3cccc(Br)c3)C(C)C2=O)c1. The van der Waals surface area contributed by atoms with Crippen molar-refractivity contribution in [2.75, 3.05) is 24.6 Å². The van der Waals surface area contributed by atoms with Gasteiger partial charge in [-0.15, -0.1) is 0 Å². The number of ether oxygens (including phenoxy) is 1. The van der Waals surface area contributed by atoms with Crippen molar-refractivity contribution < 1.29 is 14.3 Å². The molecule has 0 radical (unpaired) electrons. The topological polar surface area (TPSA) is 49.9 Å². The Balaban J connectivity index is 1.78. The third kappa shape index (κ3) is 3.75. The van der Waals surface area contributed by atoms with Crippen molar-refractivity contribution >= 4 is 33.4 Å². The van der Waals surface area contributed by atoms with Crippen LogP contribution >= 0.6 is 15.9 Å². The number of hydrogen-bond acceptors (Lipinski definition) is 3. The minimum Gasteiger partial charge on any atom is -0.494 e. The fourth-order valence-electron chi connectivity index (χ4n) is 3.10. The molecule has 1 saturated heterocycles. The molecule has 1 fully saturated rings. The van der Waals surface area contributed by atoms with Crippen molar-refractivity contribution in [2.45, 2.75) is 19.9 Å². The van der Waals surface area contributed by atoms with E-state index in [2.05, 4.69) is 15.9 Å². The summed E-state index contributed by atoms with van der Waals surface area (Å²) in [5.41, 5.74) is 1.37. The number of carbonyl (C=O) groups excluding carboxylic acids is 2. The van der Waals surface area contributed by atoms with E-state index in [-0.39, 0.29) is 11.8 Å². The van der Waals surface area contributed by atoms with Crippen LogP contribution in [0.3, 0.4) is 0 Å². The summed E-state index contributed by atoms with van der Waals surface area (Å²) < 4.78 is 6.36. The summed E-state index contributed by atoms with van der Waals surface area (Å²) in [4.78, 5) is 29.0. The van der Waals surface area contributed by atoms with Crippen LogP contribution in [0, 0.1) is 0 Å². The van der Waals surface area contributed by atoms with Crippen LogP contribution in [0.5, 0.6) is 5.75 Å². The van der Waals surface area contributed by atoms with Gasteiger partial charge in [0.25, 0.3) is 5.91 Å². The van der Waals surface area contributed by atoms with E-state index in [0.29, 0.717) is 25.3 Å². The largest absolute Gasteiger partial charge is 0.494 e. The predicted octanol–water partition coefficient (Wildman–Crippen LogP) is 3.73. The van der Waals surface area contributed by atoms with Crippen LogP contribution in [0.25, 0.3) is 0 Å². The average molecular weight is 417 g/mol. The highest BCUT2D eigenvalue weighted by Gasteiger charge is 2.35. The molecule has 5 nitrogen and oxygen atoms in total. The van der Waals surface area contributed by atoms with E-state index in [4.69, 9.17) is 4.74 Å². The van der Waals surface area contributed by atoms with Crippen LogP contribution in [0.1, 0.15) is 24.2 Å². The smallest absolute Gasteiger partial charge is 0.254 e. The third-order valence-electron chi connectivity index (χ3n) is 4.43. The molecule has 0 bridgehead atoms. The highest BCUT2D eigenvalue weighted by Crippen LogP contribution is 2.25. The molecule has 1 heterocycles. The third-order valence-corrected chi connectivity index (χ3v) is 4.92. The minimum atomic E-state index is -0.522. The molecule has 1 aliphatic heterocycles. The van der Waals surface area contributed by atoms with Crippen molar-refractivity contribution in [2.24, 2.45) is 0 Å². The van der Waals surface area contributed by atoms with E-state index in [1.807, 2.05) is 43.3 Å². The summed E-state index contributed by atoms with van der Waals surface area (Å²) in [7, 11) is 0. The van der Waals surface area contributed by atoms with E-state index < -0.39 is 6.04 Å². The monoisotopic (exact) mass is 416 g/mol. The fraction of sp³-hybridized carbons (Fsp3) is 0.300. The van der Waals surface area contributed by atoms with Gasteiger partial charge < -0.3 is 14.5 Å². The molecule has 1 atom stereocenters. The lowest BCUT2D eigenvalue weighted by molar-refractivity contribution is -0.124. The zero-order valence-corrected chi connectivity index (χ0v) is 16.4. The highest BCUT2D eigenvalue weighted by molar-refractivity contribution is 9.10. The Labute approximate surface area is 161 Å². The summed E-state index contributed by atoms with van der Waals surface area (Å²) in [6.07, 6.45) is 0. The Hall–Kier alpha value is -2.34. The number of benzene rings is 2. The molecule has 136 valence electrons. The van der Waals surface area contributed by atoms with Gasteiger partial charge in [-0.2, -0.15) is 0 Å². The Kier molecular flexibility index (Phi) is 5.61. The summed E-state index contributed by atoms with van der Waals surface area (Å²) in [5.74, 6) is 0.515. The van der Waals surface area contributed by atoms with Crippen LogP contribution in [0.4, 0.5) is 5.69 Å². The number of halogens is 1. The Bertz CT molecular complexity index is 824. The molecule has 1 unspecified atom stereocenters. The maximum Gasteiger partial charge on any atom is 0.254 e. The molecule has 2 aromatic rings. The second-order valence-corrected chi connectivity index (χ2v) is 7.02. The molecule has 3 rings (SSSR count). The molecule has 26 heavy (non-hydrogen) atoms. The van der Waals surface area contributed by atoms with Crippen molar-refractivity contribution in [1.29, 1.82) is 0 Å². The number of amides is 2. The lowest BCUT2D eigenvalue weighted by Crippen LogP contribution is -2.57. The zero-order chi connectivity index (χ0) is 18.7. The molecule has 0 spiro atoms. The molecular weight excluding hydrogens is 396 g/mol. The second kappa shape index (κ2) is 7.91. The Morgan fingerprint density at radius 2 is 1.96 bits per heavy atom. The highest BCUT2D eigenvalue weighted by atomic mass is 79.9. The van der Waals surface area contributed by atoms with Gasteiger partial charge in [0.2, 0.25) is 5.91 Å². The molecule has 1 aliphatic rings. The fourth-order valence-corrected chi connectivity index (χ4v) is 3.50. The van der Waals surface area contributed by atoms with Gasteiger partial charge in [0.05, 0.1) is 6.61 Å². The standard InChI is InChI=1S/C20H21BrN2O3/c1-3-26-18-9-5-8-17(13-18)23-11-10-22(14(2)19(23)24)20(25)15-6-4-7-16(21)12-15/h4-9,12-14H,3,10-11H2,1-2H3. The molecule has 0 aliphatic carbocycles. The maximum atomic E-state index is 12.9. The number of piperazine rings is 1. The lowest BCUT2D eigenvalue weighted by Gasteiger charge is -2.39. The van der Waals surface area contributed by atoms with E-state index in [1.165, 1.54) is 0 Å².